The van der Waals surface area contributed by atoms with Crippen molar-refractivity contribution < 1.29 is 4.74 Å². The molecule has 1 heterocycles. The summed E-state index contributed by atoms with van der Waals surface area (Å²) >= 11 is 0. The number of hydrogen-bond donors (Lipinski definition) is 1. The summed E-state index contributed by atoms with van der Waals surface area (Å²) in [7, 11) is 2.21. The molecule has 2 aliphatic rings. The highest BCUT2D eigenvalue weighted by Crippen LogP contribution is 2.42. The average Bonchev–Trinajstić information content (AvgIpc) is 3.13. The first kappa shape index (κ1) is 12.3. The van der Waals surface area contributed by atoms with Crippen molar-refractivity contribution in [3.8, 4) is 0 Å². The monoisotopic (exact) mass is 226 g/mol. The third-order valence-corrected chi connectivity index (χ3v) is 4.49. The van der Waals surface area contributed by atoms with Crippen molar-refractivity contribution in [2.24, 2.45) is 11.7 Å². The van der Waals surface area contributed by atoms with E-state index in [9.17, 15) is 0 Å². The molecule has 0 aromatic rings. The number of likely N-dealkylation sites (N-methyl/N-ethyl adjacent to an activating group) is 1. The highest BCUT2D eigenvalue weighted by molar-refractivity contribution is 4.99. The predicted molar refractivity (Wildman–Crippen MR) is 66.4 cm³/mol. The van der Waals surface area contributed by atoms with Crippen LogP contribution in [0.2, 0.25) is 0 Å². The van der Waals surface area contributed by atoms with Crippen LogP contribution < -0.4 is 5.73 Å². The predicted octanol–water partition coefficient (Wildman–Crippen LogP) is 1.61. The van der Waals surface area contributed by atoms with Crippen molar-refractivity contribution in [2.75, 3.05) is 26.7 Å². The summed E-state index contributed by atoms with van der Waals surface area (Å²) in [4.78, 5) is 2.45. The topological polar surface area (TPSA) is 38.5 Å². The number of nitrogens with zero attached hydrogens (tertiary/aromatic N) is 1. The fourth-order valence-corrected chi connectivity index (χ4v) is 2.80. The standard InChI is InChI=1S/C13H26N2O/c1-13(10-14,11-6-7-11)15(2)9-12-5-3-4-8-16-12/h11-12H,3-10,14H2,1-2H3. The maximum absolute atomic E-state index is 5.97. The van der Waals surface area contributed by atoms with E-state index in [1.165, 1.54) is 32.1 Å². The Labute approximate surface area is 99.3 Å². The molecule has 1 aliphatic carbocycles. The van der Waals surface area contributed by atoms with Crippen LogP contribution in [0.3, 0.4) is 0 Å². The van der Waals surface area contributed by atoms with E-state index < -0.39 is 0 Å². The van der Waals surface area contributed by atoms with Crippen LogP contribution in [0.5, 0.6) is 0 Å². The number of nitrogens with two attached hydrogens (primary N) is 1. The van der Waals surface area contributed by atoms with Gasteiger partial charge in [0.05, 0.1) is 6.10 Å². The zero-order valence-corrected chi connectivity index (χ0v) is 10.7. The second kappa shape index (κ2) is 5.03. The molecule has 1 saturated heterocycles. The Morgan fingerprint density at radius 3 is 2.56 bits per heavy atom. The second-order valence-corrected chi connectivity index (χ2v) is 5.70. The van der Waals surface area contributed by atoms with E-state index in [0.717, 1.165) is 25.6 Å². The largest absolute Gasteiger partial charge is 0.377 e. The van der Waals surface area contributed by atoms with E-state index in [4.69, 9.17) is 10.5 Å². The van der Waals surface area contributed by atoms with Gasteiger partial charge >= 0.3 is 0 Å². The molecule has 3 heteroatoms. The van der Waals surface area contributed by atoms with Gasteiger partial charge in [-0.25, -0.2) is 0 Å². The zero-order valence-electron chi connectivity index (χ0n) is 10.7. The molecule has 1 aliphatic heterocycles. The Morgan fingerprint density at radius 2 is 2.06 bits per heavy atom. The average molecular weight is 226 g/mol. The number of ether oxygens (including phenoxy) is 1. The van der Waals surface area contributed by atoms with Crippen molar-refractivity contribution >= 4 is 0 Å². The molecule has 0 amide bonds. The molecule has 2 fully saturated rings. The van der Waals surface area contributed by atoms with Gasteiger partial charge < -0.3 is 10.5 Å². The van der Waals surface area contributed by atoms with E-state index in [2.05, 4.69) is 18.9 Å². The van der Waals surface area contributed by atoms with Crippen molar-refractivity contribution in [3.05, 3.63) is 0 Å². The highest BCUT2D eigenvalue weighted by Gasteiger charge is 2.43. The van der Waals surface area contributed by atoms with E-state index in [1.807, 2.05) is 0 Å². The Balaban J connectivity index is 1.87. The fourth-order valence-electron chi connectivity index (χ4n) is 2.80. The molecule has 3 nitrogen and oxygen atoms in total. The molecule has 0 bridgehead atoms. The van der Waals surface area contributed by atoms with Crippen LogP contribution in [-0.2, 0) is 4.74 Å². The minimum atomic E-state index is 0.195. The molecule has 0 aromatic heterocycles. The van der Waals surface area contributed by atoms with Crippen LogP contribution in [0.15, 0.2) is 0 Å². The van der Waals surface area contributed by atoms with Gasteiger partial charge in [-0.05, 0) is 52.0 Å². The zero-order chi connectivity index (χ0) is 11.6. The van der Waals surface area contributed by atoms with Gasteiger partial charge in [0.15, 0.2) is 0 Å². The van der Waals surface area contributed by atoms with Crippen LogP contribution in [-0.4, -0.2) is 43.3 Å². The van der Waals surface area contributed by atoms with Crippen LogP contribution in [0.1, 0.15) is 39.0 Å². The van der Waals surface area contributed by atoms with Crippen molar-refractivity contribution in [1.29, 1.82) is 0 Å². The van der Waals surface area contributed by atoms with Gasteiger partial charge in [-0.1, -0.05) is 0 Å². The molecular weight excluding hydrogens is 200 g/mol. The molecule has 1 saturated carbocycles. The third kappa shape index (κ3) is 2.58. The Morgan fingerprint density at radius 1 is 1.31 bits per heavy atom. The summed E-state index contributed by atoms with van der Waals surface area (Å²) in [5, 5.41) is 0. The van der Waals surface area contributed by atoms with Gasteiger partial charge in [-0.15, -0.1) is 0 Å². The van der Waals surface area contributed by atoms with E-state index >= 15 is 0 Å². The molecule has 0 radical (unpaired) electrons. The molecule has 2 atom stereocenters. The quantitative estimate of drug-likeness (QED) is 0.774. The SMILES string of the molecule is CN(CC1CCCCO1)C(C)(CN)C1CC1. The van der Waals surface area contributed by atoms with Crippen LogP contribution in [0.4, 0.5) is 0 Å². The summed E-state index contributed by atoms with van der Waals surface area (Å²) in [5.74, 6) is 0.811. The van der Waals surface area contributed by atoms with Gasteiger partial charge in [0.2, 0.25) is 0 Å². The first-order valence-corrected chi connectivity index (χ1v) is 6.69. The van der Waals surface area contributed by atoms with Gasteiger partial charge in [0.25, 0.3) is 0 Å². The van der Waals surface area contributed by atoms with E-state index in [-0.39, 0.29) is 5.54 Å². The van der Waals surface area contributed by atoms with Crippen molar-refractivity contribution in [1.82, 2.24) is 4.90 Å². The lowest BCUT2D eigenvalue weighted by molar-refractivity contribution is -0.0233. The maximum Gasteiger partial charge on any atom is 0.0702 e. The molecule has 16 heavy (non-hydrogen) atoms. The van der Waals surface area contributed by atoms with Gasteiger partial charge in [0.1, 0.15) is 0 Å². The van der Waals surface area contributed by atoms with Crippen molar-refractivity contribution in [3.63, 3.8) is 0 Å². The molecule has 2 N–H and O–H groups in total. The summed E-state index contributed by atoms with van der Waals surface area (Å²) in [6.07, 6.45) is 6.91. The first-order chi connectivity index (χ1) is 7.66. The molecule has 2 rings (SSSR count). The molecule has 2 unspecified atom stereocenters. The fraction of sp³-hybridized carbons (Fsp3) is 1.00. The Bertz CT molecular complexity index is 224. The molecule has 94 valence electrons. The smallest absolute Gasteiger partial charge is 0.0702 e. The first-order valence-electron chi connectivity index (χ1n) is 6.69. The normalized spacial score (nSPS) is 30.4. The van der Waals surface area contributed by atoms with Gasteiger partial charge in [-0.2, -0.15) is 0 Å². The molecular formula is C13H26N2O. The van der Waals surface area contributed by atoms with Gasteiger partial charge in [0, 0.05) is 25.2 Å². The van der Waals surface area contributed by atoms with Crippen LogP contribution >= 0.6 is 0 Å². The highest BCUT2D eigenvalue weighted by atomic mass is 16.5. The number of hydrogen-bond acceptors (Lipinski definition) is 3. The lowest BCUT2D eigenvalue weighted by atomic mass is 9.93. The lowest BCUT2D eigenvalue weighted by Gasteiger charge is -2.41. The molecule has 0 spiro atoms. The minimum Gasteiger partial charge on any atom is -0.377 e. The minimum absolute atomic E-state index is 0.195. The van der Waals surface area contributed by atoms with E-state index in [1.54, 1.807) is 0 Å². The van der Waals surface area contributed by atoms with Gasteiger partial charge in [-0.3, -0.25) is 4.90 Å². The molecule has 0 aromatic carbocycles. The van der Waals surface area contributed by atoms with Crippen LogP contribution in [0.25, 0.3) is 0 Å². The number of rotatable bonds is 5. The second-order valence-electron chi connectivity index (χ2n) is 5.70. The van der Waals surface area contributed by atoms with Crippen LogP contribution in [0, 0.1) is 5.92 Å². The van der Waals surface area contributed by atoms with Crippen molar-refractivity contribution in [2.45, 2.75) is 50.7 Å². The van der Waals surface area contributed by atoms with E-state index in [0.29, 0.717) is 6.10 Å². The summed E-state index contributed by atoms with van der Waals surface area (Å²) in [6, 6.07) is 0. The summed E-state index contributed by atoms with van der Waals surface area (Å²) < 4.78 is 5.81. The maximum atomic E-state index is 5.97. The summed E-state index contributed by atoms with van der Waals surface area (Å²) in [6.45, 7) is 5.07. The lowest BCUT2D eigenvalue weighted by Crippen LogP contribution is -2.54. The Kier molecular flexibility index (Phi) is 3.88. The summed E-state index contributed by atoms with van der Waals surface area (Å²) in [5.41, 5.74) is 6.17. The Hall–Kier alpha value is -0.120. The third-order valence-electron chi connectivity index (χ3n) is 4.49.